The van der Waals surface area contributed by atoms with Gasteiger partial charge in [-0.25, -0.2) is 12.8 Å². The summed E-state index contributed by atoms with van der Waals surface area (Å²) in [6.45, 7) is 9.37. The number of carbonyl (C=O) groups excluding carboxylic acids is 1. The van der Waals surface area contributed by atoms with Crippen LogP contribution >= 0.6 is 20.8 Å². The SMILES string of the molecule is CC.CC(C)OC=O.CN1CC[C@@]2(S(=O)(=O)c3ccc(Cl)cc3)c3c(P)ccc(F)c3OCC2C1. The lowest BCUT2D eigenvalue weighted by molar-refractivity contribution is -0.131. The van der Waals surface area contributed by atoms with Gasteiger partial charge >= 0.3 is 0 Å². The number of piperidine rings is 1. The van der Waals surface area contributed by atoms with E-state index in [2.05, 4.69) is 18.9 Å². The van der Waals surface area contributed by atoms with Gasteiger partial charge in [0.2, 0.25) is 0 Å². The van der Waals surface area contributed by atoms with Crippen LogP contribution < -0.4 is 10.0 Å². The number of sulfone groups is 1. The molecule has 0 aliphatic carbocycles. The predicted octanol–water partition coefficient (Wildman–Crippen LogP) is 4.59. The van der Waals surface area contributed by atoms with Crippen molar-refractivity contribution in [2.45, 2.75) is 49.9 Å². The zero-order chi connectivity index (χ0) is 26.4. The van der Waals surface area contributed by atoms with E-state index in [4.69, 9.17) is 16.3 Å². The van der Waals surface area contributed by atoms with E-state index in [1.165, 1.54) is 18.2 Å². The maximum atomic E-state index is 14.5. The second kappa shape index (κ2) is 12.5. The molecule has 0 N–H and O–H groups in total. The third kappa shape index (κ3) is 5.99. The predicted molar refractivity (Wildman–Crippen MR) is 141 cm³/mol. The number of nitrogens with zero attached hydrogens (tertiary/aromatic N) is 1. The fourth-order valence-electron chi connectivity index (χ4n) is 4.45. The number of benzene rings is 2. The molecule has 2 aromatic rings. The molecule has 0 spiro atoms. The van der Waals surface area contributed by atoms with Crippen LogP contribution in [0, 0.1) is 11.7 Å². The molecule has 194 valence electrons. The van der Waals surface area contributed by atoms with Crippen LogP contribution in [-0.2, 0) is 24.1 Å². The van der Waals surface area contributed by atoms with Crippen LogP contribution in [0.25, 0.3) is 0 Å². The zero-order valence-electron chi connectivity index (χ0n) is 20.8. The highest BCUT2D eigenvalue weighted by atomic mass is 35.5. The van der Waals surface area contributed by atoms with Gasteiger partial charge in [-0.1, -0.05) is 31.5 Å². The second-order valence-corrected chi connectivity index (χ2v) is 11.8. The lowest BCUT2D eigenvalue weighted by atomic mass is 9.77. The number of hydrogen-bond donors (Lipinski definition) is 0. The van der Waals surface area contributed by atoms with Gasteiger partial charge in [0.25, 0.3) is 6.47 Å². The van der Waals surface area contributed by atoms with E-state index in [1.807, 2.05) is 20.9 Å². The van der Waals surface area contributed by atoms with Gasteiger partial charge in [0, 0.05) is 23.0 Å². The van der Waals surface area contributed by atoms with Crippen molar-refractivity contribution in [2.24, 2.45) is 5.92 Å². The quantitative estimate of drug-likeness (QED) is 0.413. The van der Waals surface area contributed by atoms with Crippen molar-refractivity contribution in [1.82, 2.24) is 4.90 Å². The van der Waals surface area contributed by atoms with Crippen molar-refractivity contribution in [3.63, 3.8) is 0 Å². The lowest BCUT2D eigenvalue weighted by Crippen LogP contribution is -2.58. The van der Waals surface area contributed by atoms with Gasteiger partial charge < -0.3 is 14.4 Å². The fourth-order valence-corrected chi connectivity index (χ4v) is 7.50. The summed E-state index contributed by atoms with van der Waals surface area (Å²) in [5.41, 5.74) is 0.437. The van der Waals surface area contributed by atoms with E-state index in [1.54, 1.807) is 32.0 Å². The third-order valence-corrected chi connectivity index (χ3v) is 9.31. The van der Waals surface area contributed by atoms with Gasteiger partial charge in [-0.3, -0.25) is 4.79 Å². The molecule has 6 nitrogen and oxygen atoms in total. The number of carbonyl (C=O) groups is 1. The van der Waals surface area contributed by atoms with Gasteiger partial charge in [-0.2, -0.15) is 0 Å². The molecule has 2 aliphatic rings. The molecule has 2 aromatic carbocycles. The van der Waals surface area contributed by atoms with Crippen molar-refractivity contribution in [2.75, 3.05) is 26.7 Å². The highest BCUT2D eigenvalue weighted by Crippen LogP contribution is 2.53. The Morgan fingerprint density at radius 1 is 1.23 bits per heavy atom. The maximum absolute atomic E-state index is 14.5. The number of hydrogen-bond acceptors (Lipinski definition) is 6. The summed E-state index contributed by atoms with van der Waals surface area (Å²) in [5.74, 6) is -0.773. The smallest absolute Gasteiger partial charge is 0.293 e. The Hall–Kier alpha value is -1.73. The molecule has 3 atom stereocenters. The molecule has 1 saturated heterocycles. The number of ether oxygens (including phenoxy) is 2. The van der Waals surface area contributed by atoms with E-state index in [-0.39, 0.29) is 29.3 Å². The second-order valence-electron chi connectivity index (χ2n) is 8.49. The molecule has 0 radical (unpaired) electrons. The topological polar surface area (TPSA) is 72.9 Å². The Morgan fingerprint density at radius 3 is 2.40 bits per heavy atom. The van der Waals surface area contributed by atoms with E-state index >= 15 is 0 Å². The Bertz CT molecular complexity index is 1110. The number of likely N-dealkylation sites (tertiary alicyclic amines) is 1. The van der Waals surface area contributed by atoms with E-state index in [9.17, 15) is 17.6 Å². The van der Waals surface area contributed by atoms with Crippen LogP contribution in [0.15, 0.2) is 41.3 Å². The maximum Gasteiger partial charge on any atom is 0.293 e. The molecule has 0 bridgehead atoms. The summed E-state index contributed by atoms with van der Waals surface area (Å²) in [4.78, 5) is 11.7. The van der Waals surface area contributed by atoms with Crippen molar-refractivity contribution in [3.8, 4) is 5.75 Å². The van der Waals surface area contributed by atoms with Crippen molar-refractivity contribution in [1.29, 1.82) is 0 Å². The molecule has 1 fully saturated rings. The van der Waals surface area contributed by atoms with Gasteiger partial charge in [-0.05, 0) is 69.5 Å². The molecule has 10 heteroatoms. The first-order valence-corrected chi connectivity index (χ1v) is 14.0. The van der Waals surface area contributed by atoms with Crippen molar-refractivity contribution in [3.05, 3.63) is 52.8 Å². The summed E-state index contributed by atoms with van der Waals surface area (Å²) >= 11 is 5.96. The Morgan fingerprint density at radius 2 is 1.86 bits per heavy atom. The highest BCUT2D eigenvalue weighted by Gasteiger charge is 2.58. The van der Waals surface area contributed by atoms with Crippen molar-refractivity contribution >= 4 is 42.5 Å². The molecule has 2 heterocycles. The average Bonchev–Trinajstić information content (AvgIpc) is 2.82. The van der Waals surface area contributed by atoms with Crippen LogP contribution in [-0.4, -0.2) is 52.6 Å². The van der Waals surface area contributed by atoms with E-state index in [0.29, 0.717) is 41.9 Å². The minimum Gasteiger partial charge on any atom is -0.490 e. The standard InChI is InChI=1S/C19H20ClFNO3PS.C4H8O2.C2H6/c1-22-9-8-19(27(23,24)14-4-2-13(20)3-5-14)12(10-22)11-25-18-15(21)6-7-16(26)17(18)19;1-4(2)6-3-5;1-2/h2-7,12H,8-11,26H2,1H3;3-4H,1-2H3;1-2H3/t12?,19-;;/m0../s1. The third-order valence-electron chi connectivity index (χ3n) is 5.98. The van der Waals surface area contributed by atoms with Gasteiger partial charge in [0.15, 0.2) is 21.4 Å². The van der Waals surface area contributed by atoms with Gasteiger partial charge in [0.1, 0.15) is 4.75 Å². The number of halogens is 2. The molecule has 0 aromatic heterocycles. The number of rotatable bonds is 4. The van der Waals surface area contributed by atoms with Crippen LogP contribution in [0.4, 0.5) is 4.39 Å². The number of fused-ring (bicyclic) bond motifs is 3. The normalized spacial score (nSPS) is 21.2. The summed E-state index contributed by atoms with van der Waals surface area (Å²) in [6.07, 6.45) is 0.405. The largest absolute Gasteiger partial charge is 0.490 e. The minimum atomic E-state index is -3.82. The summed E-state index contributed by atoms with van der Waals surface area (Å²) in [7, 11) is 0.687. The van der Waals surface area contributed by atoms with Gasteiger partial charge in [0.05, 0.1) is 17.6 Å². The van der Waals surface area contributed by atoms with Crippen LogP contribution in [0.2, 0.25) is 5.02 Å². The average molecular weight is 546 g/mol. The summed E-state index contributed by atoms with van der Waals surface area (Å²) < 4.78 is 51.3. The summed E-state index contributed by atoms with van der Waals surface area (Å²) in [5, 5.41) is 1.12. The van der Waals surface area contributed by atoms with E-state index in [0.717, 1.165) is 0 Å². The molecule has 4 rings (SSSR count). The molecule has 0 amide bonds. The fraction of sp³-hybridized carbons (Fsp3) is 0.480. The lowest BCUT2D eigenvalue weighted by Gasteiger charge is -2.49. The minimum absolute atomic E-state index is 0.0301. The molecular weight excluding hydrogens is 512 g/mol. The first-order chi connectivity index (χ1) is 16.5. The Balaban J connectivity index is 0.000000474. The van der Waals surface area contributed by atoms with Crippen LogP contribution in [0.3, 0.4) is 0 Å². The van der Waals surface area contributed by atoms with Crippen molar-refractivity contribution < 1.29 is 27.1 Å². The zero-order valence-corrected chi connectivity index (χ0v) is 23.5. The van der Waals surface area contributed by atoms with Crippen LogP contribution in [0.1, 0.15) is 39.7 Å². The molecular formula is C25H34ClFNO5PS. The van der Waals surface area contributed by atoms with E-state index < -0.39 is 20.4 Å². The van der Waals surface area contributed by atoms with Crippen LogP contribution in [0.5, 0.6) is 5.75 Å². The molecule has 35 heavy (non-hydrogen) atoms. The Kier molecular flexibility index (Phi) is 10.5. The monoisotopic (exact) mass is 545 g/mol. The molecule has 2 unspecified atom stereocenters. The Labute approximate surface area is 215 Å². The molecule has 2 aliphatic heterocycles. The first-order valence-electron chi connectivity index (χ1n) is 11.5. The highest BCUT2D eigenvalue weighted by molar-refractivity contribution is 7.92. The summed E-state index contributed by atoms with van der Waals surface area (Å²) in [6, 6.07) is 9.11. The molecule has 0 saturated carbocycles. The van der Waals surface area contributed by atoms with Gasteiger partial charge in [-0.15, -0.1) is 9.24 Å². The first kappa shape index (κ1) is 29.5.